The van der Waals surface area contributed by atoms with E-state index in [1.165, 1.54) is 0 Å². The fourth-order valence-corrected chi connectivity index (χ4v) is 3.62. The fourth-order valence-electron chi connectivity index (χ4n) is 3.62. The van der Waals surface area contributed by atoms with Crippen LogP contribution in [-0.2, 0) is 11.2 Å². The Balaban J connectivity index is 1.48. The van der Waals surface area contributed by atoms with Crippen LogP contribution in [0.15, 0.2) is 52.9 Å². The molecule has 28 heavy (non-hydrogen) atoms. The van der Waals surface area contributed by atoms with Crippen LogP contribution in [0.3, 0.4) is 0 Å². The Morgan fingerprint density at radius 2 is 1.89 bits per heavy atom. The van der Waals surface area contributed by atoms with E-state index in [0.717, 1.165) is 48.2 Å². The molecule has 0 atom stereocenters. The van der Waals surface area contributed by atoms with Crippen LogP contribution >= 0.6 is 0 Å². The highest BCUT2D eigenvalue weighted by atomic mass is 16.5. The maximum Gasteiger partial charge on any atom is 0.374 e. The van der Waals surface area contributed by atoms with Crippen molar-refractivity contribution < 1.29 is 18.7 Å². The molecule has 0 unspecified atom stereocenters. The van der Waals surface area contributed by atoms with E-state index in [2.05, 4.69) is 5.32 Å². The van der Waals surface area contributed by atoms with Gasteiger partial charge >= 0.3 is 5.97 Å². The SMILES string of the molecule is Cc1c(C(=O)OCCc2ccccc2)oc2cccc(OC3CCNCC3)c12. The van der Waals surface area contributed by atoms with Crippen molar-refractivity contribution in [1.82, 2.24) is 5.32 Å². The van der Waals surface area contributed by atoms with Crippen molar-refractivity contribution in [3.05, 3.63) is 65.4 Å². The van der Waals surface area contributed by atoms with E-state index in [-0.39, 0.29) is 11.9 Å². The van der Waals surface area contributed by atoms with Gasteiger partial charge in [0.05, 0.1) is 12.0 Å². The number of benzene rings is 2. The van der Waals surface area contributed by atoms with Gasteiger partial charge in [0.1, 0.15) is 17.4 Å². The lowest BCUT2D eigenvalue weighted by Gasteiger charge is -2.24. The van der Waals surface area contributed by atoms with Gasteiger partial charge in [0.25, 0.3) is 0 Å². The summed E-state index contributed by atoms with van der Waals surface area (Å²) in [5, 5.41) is 4.20. The summed E-state index contributed by atoms with van der Waals surface area (Å²) in [6.45, 7) is 4.13. The number of ether oxygens (including phenoxy) is 2. The van der Waals surface area contributed by atoms with E-state index in [4.69, 9.17) is 13.9 Å². The van der Waals surface area contributed by atoms with Gasteiger partial charge in [0, 0.05) is 12.0 Å². The Bertz CT molecular complexity index is 942. The summed E-state index contributed by atoms with van der Waals surface area (Å²) in [6.07, 6.45) is 2.81. The number of nitrogens with one attached hydrogen (secondary N) is 1. The second kappa shape index (κ2) is 8.48. The lowest BCUT2D eigenvalue weighted by molar-refractivity contribution is 0.0474. The highest BCUT2D eigenvalue weighted by molar-refractivity contribution is 5.98. The third-order valence-electron chi connectivity index (χ3n) is 5.15. The van der Waals surface area contributed by atoms with E-state index < -0.39 is 5.97 Å². The lowest BCUT2D eigenvalue weighted by Crippen LogP contribution is -2.34. The lowest BCUT2D eigenvalue weighted by atomic mass is 10.1. The summed E-state index contributed by atoms with van der Waals surface area (Å²) in [4.78, 5) is 12.6. The Hall–Kier alpha value is -2.79. The summed E-state index contributed by atoms with van der Waals surface area (Å²) < 4.78 is 17.5. The normalized spacial score (nSPS) is 14.9. The van der Waals surface area contributed by atoms with Gasteiger partial charge in [-0.15, -0.1) is 0 Å². The second-order valence-electron chi connectivity index (χ2n) is 7.12. The number of esters is 1. The monoisotopic (exact) mass is 379 g/mol. The minimum absolute atomic E-state index is 0.183. The molecule has 1 aliphatic rings. The van der Waals surface area contributed by atoms with E-state index in [0.29, 0.717) is 18.6 Å². The largest absolute Gasteiger partial charge is 0.490 e. The van der Waals surface area contributed by atoms with E-state index in [1.807, 2.05) is 55.5 Å². The van der Waals surface area contributed by atoms with Crippen molar-refractivity contribution in [3.63, 3.8) is 0 Å². The molecule has 0 amide bonds. The first kappa shape index (κ1) is 18.6. The quantitative estimate of drug-likeness (QED) is 0.648. The molecule has 1 N–H and O–H groups in total. The predicted octanol–water partition coefficient (Wildman–Crippen LogP) is 4.27. The molecule has 5 heteroatoms. The average Bonchev–Trinajstić information content (AvgIpc) is 3.07. The van der Waals surface area contributed by atoms with Crippen molar-refractivity contribution in [1.29, 1.82) is 0 Å². The van der Waals surface area contributed by atoms with Gasteiger partial charge in [0.2, 0.25) is 5.76 Å². The number of carbonyl (C=O) groups excluding carboxylic acids is 1. The first-order valence-corrected chi connectivity index (χ1v) is 9.83. The molecule has 1 aliphatic heterocycles. The van der Waals surface area contributed by atoms with Gasteiger partial charge in [-0.05, 0) is 50.6 Å². The Labute approximate surface area is 164 Å². The van der Waals surface area contributed by atoms with Crippen LogP contribution in [0, 0.1) is 6.92 Å². The minimum atomic E-state index is -0.433. The fraction of sp³-hybridized carbons (Fsp3) is 0.348. The van der Waals surface area contributed by atoms with Gasteiger partial charge in [-0.3, -0.25) is 0 Å². The zero-order valence-electron chi connectivity index (χ0n) is 16.1. The summed E-state index contributed by atoms with van der Waals surface area (Å²) >= 11 is 0. The molecular weight excluding hydrogens is 354 g/mol. The van der Waals surface area contributed by atoms with E-state index >= 15 is 0 Å². The molecule has 4 rings (SSSR count). The molecule has 1 aromatic heterocycles. The molecule has 0 aliphatic carbocycles. The summed E-state index contributed by atoms with van der Waals surface area (Å²) in [5.41, 5.74) is 2.55. The predicted molar refractivity (Wildman–Crippen MR) is 108 cm³/mol. The maximum atomic E-state index is 12.6. The first-order chi connectivity index (χ1) is 13.7. The smallest absolute Gasteiger partial charge is 0.374 e. The van der Waals surface area contributed by atoms with Crippen LogP contribution in [0.1, 0.15) is 34.5 Å². The standard InChI is InChI=1S/C23H25NO4/c1-16-21-19(27-18-10-13-24-14-11-18)8-5-9-20(21)28-22(16)23(25)26-15-12-17-6-3-2-4-7-17/h2-9,18,24H,10-15H2,1H3. The Kier molecular flexibility index (Phi) is 5.63. The molecule has 1 saturated heterocycles. The van der Waals surface area contributed by atoms with Crippen LogP contribution < -0.4 is 10.1 Å². The van der Waals surface area contributed by atoms with Gasteiger partial charge in [-0.25, -0.2) is 4.79 Å². The summed E-state index contributed by atoms with van der Waals surface area (Å²) in [6, 6.07) is 15.7. The molecular formula is C23H25NO4. The van der Waals surface area contributed by atoms with Crippen LogP contribution in [0.5, 0.6) is 5.75 Å². The summed E-state index contributed by atoms with van der Waals surface area (Å²) in [5.74, 6) is 0.593. The Morgan fingerprint density at radius 1 is 1.11 bits per heavy atom. The van der Waals surface area contributed by atoms with Crippen LogP contribution in [0.2, 0.25) is 0 Å². The van der Waals surface area contributed by atoms with Crippen molar-refractivity contribution in [2.45, 2.75) is 32.3 Å². The number of piperidine rings is 1. The number of aryl methyl sites for hydroxylation is 1. The number of carbonyl (C=O) groups is 1. The number of fused-ring (bicyclic) bond motifs is 1. The molecule has 1 fully saturated rings. The molecule has 0 saturated carbocycles. The van der Waals surface area contributed by atoms with Crippen molar-refractivity contribution >= 4 is 16.9 Å². The molecule has 5 nitrogen and oxygen atoms in total. The maximum absolute atomic E-state index is 12.6. The molecule has 146 valence electrons. The first-order valence-electron chi connectivity index (χ1n) is 9.83. The number of furan rings is 1. The highest BCUT2D eigenvalue weighted by Gasteiger charge is 2.23. The topological polar surface area (TPSA) is 60.7 Å². The molecule has 2 aromatic carbocycles. The molecule has 0 spiro atoms. The zero-order chi connectivity index (χ0) is 19.3. The van der Waals surface area contributed by atoms with Crippen LogP contribution in [-0.4, -0.2) is 31.8 Å². The highest BCUT2D eigenvalue weighted by Crippen LogP contribution is 2.34. The number of hydrogen-bond acceptors (Lipinski definition) is 5. The van der Waals surface area contributed by atoms with E-state index in [1.54, 1.807) is 0 Å². The number of hydrogen-bond donors (Lipinski definition) is 1. The third kappa shape index (κ3) is 4.04. The van der Waals surface area contributed by atoms with Crippen molar-refractivity contribution in [2.75, 3.05) is 19.7 Å². The minimum Gasteiger partial charge on any atom is -0.490 e. The zero-order valence-corrected chi connectivity index (χ0v) is 16.1. The summed E-state index contributed by atoms with van der Waals surface area (Å²) in [7, 11) is 0. The van der Waals surface area contributed by atoms with Gasteiger partial charge < -0.3 is 19.2 Å². The van der Waals surface area contributed by atoms with Gasteiger partial charge in [-0.1, -0.05) is 36.4 Å². The average molecular weight is 379 g/mol. The molecule has 3 aromatic rings. The third-order valence-corrected chi connectivity index (χ3v) is 5.15. The van der Waals surface area contributed by atoms with Crippen LogP contribution in [0.4, 0.5) is 0 Å². The number of rotatable bonds is 6. The Morgan fingerprint density at radius 3 is 2.68 bits per heavy atom. The van der Waals surface area contributed by atoms with Crippen molar-refractivity contribution in [2.24, 2.45) is 0 Å². The van der Waals surface area contributed by atoms with Gasteiger partial charge in [0.15, 0.2) is 0 Å². The van der Waals surface area contributed by atoms with Crippen molar-refractivity contribution in [3.8, 4) is 5.75 Å². The van der Waals surface area contributed by atoms with Gasteiger partial charge in [-0.2, -0.15) is 0 Å². The van der Waals surface area contributed by atoms with E-state index in [9.17, 15) is 4.79 Å². The van der Waals surface area contributed by atoms with Crippen LogP contribution in [0.25, 0.3) is 11.0 Å². The second-order valence-corrected chi connectivity index (χ2v) is 7.12. The molecule has 0 radical (unpaired) electrons. The molecule has 0 bridgehead atoms. The molecule has 2 heterocycles.